The van der Waals surface area contributed by atoms with Crippen LogP contribution in [0.5, 0.6) is 0 Å². The number of methoxy groups -OCH3 is 1. The first-order chi connectivity index (χ1) is 8.08. The van der Waals surface area contributed by atoms with Crippen LogP contribution in [0.1, 0.15) is 31.7 Å². The summed E-state index contributed by atoms with van der Waals surface area (Å²) in [6.07, 6.45) is 0.231. The molecular formula is C13H17NO3. The van der Waals surface area contributed by atoms with E-state index in [0.717, 1.165) is 12.0 Å². The van der Waals surface area contributed by atoms with E-state index in [4.69, 9.17) is 0 Å². The normalized spacial score (nSPS) is 11.7. The number of benzene rings is 1. The summed E-state index contributed by atoms with van der Waals surface area (Å²) in [5, 5.41) is 2.58. The third-order valence-electron chi connectivity index (χ3n) is 2.62. The number of Topliss-reactive ketones (excluding diaryl/α,β-unsaturated/α-hetero) is 1. The number of ketones is 1. The first kappa shape index (κ1) is 13.2. The molecule has 1 rings (SSSR count). The van der Waals surface area contributed by atoms with Crippen LogP contribution in [-0.2, 0) is 9.53 Å². The van der Waals surface area contributed by atoms with Gasteiger partial charge in [0.25, 0.3) is 0 Å². The fourth-order valence-corrected chi connectivity index (χ4v) is 1.76. The van der Waals surface area contributed by atoms with Gasteiger partial charge < -0.3 is 4.74 Å². The van der Waals surface area contributed by atoms with Crippen LogP contribution in [0.4, 0.5) is 10.5 Å². The first-order valence-electron chi connectivity index (χ1n) is 5.53. The van der Waals surface area contributed by atoms with Gasteiger partial charge in [-0.1, -0.05) is 19.1 Å². The Morgan fingerprint density at radius 1 is 1.41 bits per heavy atom. The lowest BCUT2D eigenvalue weighted by Crippen LogP contribution is -2.12. The fourth-order valence-electron chi connectivity index (χ4n) is 1.76. The standard InChI is InChI=1S/C13H17NO3/c1-4-12(9(2)15)10-6-5-7-11(8-10)14-13(16)17-3/h5-8,12H,4H2,1-3H3,(H,14,16). The van der Waals surface area contributed by atoms with Crippen LogP contribution in [0.25, 0.3) is 0 Å². The zero-order valence-corrected chi connectivity index (χ0v) is 10.3. The minimum absolute atomic E-state index is 0.116. The molecule has 1 aromatic rings. The number of hydrogen-bond acceptors (Lipinski definition) is 3. The fraction of sp³-hybridized carbons (Fsp3) is 0.385. The Kier molecular flexibility index (Phi) is 4.69. The average molecular weight is 235 g/mol. The highest BCUT2D eigenvalue weighted by atomic mass is 16.5. The second-order valence-corrected chi connectivity index (χ2v) is 3.81. The second-order valence-electron chi connectivity index (χ2n) is 3.81. The van der Waals surface area contributed by atoms with Crippen molar-refractivity contribution in [3.8, 4) is 0 Å². The summed E-state index contributed by atoms with van der Waals surface area (Å²) < 4.78 is 4.51. The molecule has 0 aliphatic carbocycles. The molecule has 1 amide bonds. The van der Waals surface area contributed by atoms with Crippen molar-refractivity contribution in [1.82, 2.24) is 0 Å². The van der Waals surface area contributed by atoms with Crippen molar-refractivity contribution in [2.24, 2.45) is 0 Å². The number of amides is 1. The van der Waals surface area contributed by atoms with Gasteiger partial charge in [0.1, 0.15) is 5.78 Å². The molecule has 0 spiro atoms. The number of rotatable bonds is 4. The number of carbonyl (C=O) groups excluding carboxylic acids is 2. The van der Waals surface area contributed by atoms with Gasteiger partial charge in [0, 0.05) is 11.6 Å². The van der Waals surface area contributed by atoms with Crippen molar-refractivity contribution in [3.63, 3.8) is 0 Å². The van der Waals surface area contributed by atoms with Gasteiger partial charge in [-0.2, -0.15) is 0 Å². The highest BCUT2D eigenvalue weighted by Gasteiger charge is 2.14. The van der Waals surface area contributed by atoms with E-state index in [1.807, 2.05) is 19.1 Å². The Morgan fingerprint density at radius 2 is 2.12 bits per heavy atom. The molecule has 1 N–H and O–H groups in total. The molecule has 0 aliphatic rings. The van der Waals surface area contributed by atoms with Crippen LogP contribution >= 0.6 is 0 Å². The molecule has 1 aromatic carbocycles. The first-order valence-corrected chi connectivity index (χ1v) is 5.53. The molecule has 0 heterocycles. The van der Waals surface area contributed by atoms with Crippen molar-refractivity contribution >= 4 is 17.6 Å². The quantitative estimate of drug-likeness (QED) is 0.872. The molecular weight excluding hydrogens is 218 g/mol. The van der Waals surface area contributed by atoms with E-state index in [-0.39, 0.29) is 11.7 Å². The molecule has 1 atom stereocenters. The average Bonchev–Trinajstić information content (AvgIpc) is 2.30. The van der Waals surface area contributed by atoms with Gasteiger partial charge >= 0.3 is 6.09 Å². The van der Waals surface area contributed by atoms with E-state index in [0.29, 0.717) is 5.69 Å². The maximum absolute atomic E-state index is 11.5. The minimum atomic E-state index is -0.516. The van der Waals surface area contributed by atoms with Crippen LogP contribution in [0.15, 0.2) is 24.3 Å². The smallest absolute Gasteiger partial charge is 0.411 e. The van der Waals surface area contributed by atoms with E-state index in [2.05, 4.69) is 10.1 Å². The van der Waals surface area contributed by atoms with E-state index in [9.17, 15) is 9.59 Å². The van der Waals surface area contributed by atoms with Gasteiger partial charge in [-0.3, -0.25) is 10.1 Å². The second kappa shape index (κ2) is 6.03. The number of ether oxygens (including phenoxy) is 1. The van der Waals surface area contributed by atoms with Crippen LogP contribution in [0, 0.1) is 0 Å². The largest absolute Gasteiger partial charge is 0.453 e. The summed E-state index contributed by atoms with van der Waals surface area (Å²) in [5.74, 6) is 0.0112. The van der Waals surface area contributed by atoms with Gasteiger partial charge in [0.15, 0.2) is 0 Å². The predicted molar refractivity (Wildman–Crippen MR) is 66.2 cm³/mol. The molecule has 0 fully saturated rings. The van der Waals surface area contributed by atoms with E-state index in [1.165, 1.54) is 7.11 Å². The molecule has 1 unspecified atom stereocenters. The van der Waals surface area contributed by atoms with Crippen LogP contribution in [0.2, 0.25) is 0 Å². The zero-order valence-electron chi connectivity index (χ0n) is 10.3. The lowest BCUT2D eigenvalue weighted by atomic mass is 9.93. The minimum Gasteiger partial charge on any atom is -0.453 e. The van der Waals surface area contributed by atoms with Gasteiger partial charge in [0.05, 0.1) is 7.11 Å². The van der Waals surface area contributed by atoms with Gasteiger partial charge in [0.2, 0.25) is 0 Å². The third kappa shape index (κ3) is 3.59. The third-order valence-corrected chi connectivity index (χ3v) is 2.62. The van der Waals surface area contributed by atoms with E-state index < -0.39 is 6.09 Å². The lowest BCUT2D eigenvalue weighted by Gasteiger charge is -2.13. The predicted octanol–water partition coefficient (Wildman–Crippen LogP) is 2.95. The summed E-state index contributed by atoms with van der Waals surface area (Å²) >= 11 is 0. The maximum Gasteiger partial charge on any atom is 0.411 e. The van der Waals surface area contributed by atoms with E-state index >= 15 is 0 Å². The molecule has 4 heteroatoms. The van der Waals surface area contributed by atoms with Crippen LogP contribution in [-0.4, -0.2) is 19.0 Å². The molecule has 17 heavy (non-hydrogen) atoms. The van der Waals surface area contributed by atoms with Crippen molar-refractivity contribution in [2.75, 3.05) is 12.4 Å². The van der Waals surface area contributed by atoms with Crippen LogP contribution in [0.3, 0.4) is 0 Å². The number of anilines is 1. The van der Waals surface area contributed by atoms with Crippen molar-refractivity contribution < 1.29 is 14.3 Å². The molecule has 0 aromatic heterocycles. The zero-order chi connectivity index (χ0) is 12.8. The number of nitrogens with one attached hydrogen (secondary N) is 1. The highest BCUT2D eigenvalue weighted by molar-refractivity contribution is 5.86. The monoisotopic (exact) mass is 235 g/mol. The Bertz CT molecular complexity index is 415. The van der Waals surface area contributed by atoms with Gasteiger partial charge in [-0.15, -0.1) is 0 Å². The Hall–Kier alpha value is -1.84. The summed E-state index contributed by atoms with van der Waals surface area (Å²) in [7, 11) is 1.31. The number of carbonyl (C=O) groups is 2. The lowest BCUT2D eigenvalue weighted by molar-refractivity contribution is -0.118. The Balaban J connectivity index is 2.91. The SMILES string of the molecule is CCC(C(C)=O)c1cccc(NC(=O)OC)c1. The molecule has 0 bridgehead atoms. The molecule has 0 saturated carbocycles. The van der Waals surface area contributed by atoms with Crippen LogP contribution < -0.4 is 5.32 Å². The van der Waals surface area contributed by atoms with Gasteiger partial charge in [-0.25, -0.2) is 4.79 Å². The Morgan fingerprint density at radius 3 is 2.65 bits per heavy atom. The van der Waals surface area contributed by atoms with Crippen molar-refractivity contribution in [2.45, 2.75) is 26.2 Å². The summed E-state index contributed by atoms with van der Waals surface area (Å²) in [5.41, 5.74) is 1.54. The maximum atomic E-state index is 11.5. The van der Waals surface area contributed by atoms with Crippen molar-refractivity contribution in [3.05, 3.63) is 29.8 Å². The van der Waals surface area contributed by atoms with Crippen molar-refractivity contribution in [1.29, 1.82) is 0 Å². The molecule has 92 valence electrons. The molecule has 0 aliphatic heterocycles. The molecule has 4 nitrogen and oxygen atoms in total. The highest BCUT2D eigenvalue weighted by Crippen LogP contribution is 2.23. The number of hydrogen-bond donors (Lipinski definition) is 1. The van der Waals surface area contributed by atoms with E-state index in [1.54, 1.807) is 19.1 Å². The Labute approximate surface area is 101 Å². The summed E-state index contributed by atoms with van der Waals surface area (Å²) in [6, 6.07) is 7.25. The summed E-state index contributed by atoms with van der Waals surface area (Å²) in [4.78, 5) is 22.5. The molecule has 0 saturated heterocycles. The summed E-state index contributed by atoms with van der Waals surface area (Å²) in [6.45, 7) is 3.54. The molecule has 0 radical (unpaired) electrons. The van der Waals surface area contributed by atoms with Gasteiger partial charge in [-0.05, 0) is 31.0 Å². The topological polar surface area (TPSA) is 55.4 Å².